The molecule has 1 aliphatic rings. The number of fused-ring (bicyclic) bond motifs is 3. The van der Waals surface area contributed by atoms with Crippen LogP contribution in [0.15, 0.2) is 23.0 Å². The van der Waals surface area contributed by atoms with Crippen LogP contribution in [-0.2, 0) is 7.05 Å². The number of rotatable bonds is 1. The zero-order chi connectivity index (χ0) is 16.7. The number of benzene rings is 1. The molecule has 2 aromatic heterocycles. The molecule has 1 saturated heterocycles. The maximum atomic E-state index is 12.6. The average Bonchev–Trinajstić information content (AvgIpc) is 2.97. The molecule has 0 saturated carbocycles. The maximum Gasteiger partial charge on any atom is 0.262 e. The van der Waals surface area contributed by atoms with Gasteiger partial charge >= 0.3 is 0 Å². The van der Waals surface area contributed by atoms with Gasteiger partial charge in [-0.2, -0.15) is 0 Å². The van der Waals surface area contributed by atoms with Crippen LogP contribution in [0.5, 0.6) is 0 Å². The molecular weight excluding hydrogens is 326 g/mol. The Kier molecular flexibility index (Phi) is 3.92. The summed E-state index contributed by atoms with van der Waals surface area (Å²) >= 11 is 6.10. The summed E-state index contributed by atoms with van der Waals surface area (Å²) in [7, 11) is 1.73. The second-order valence-electron chi connectivity index (χ2n) is 6.42. The number of aryl methyl sites for hydroxylation is 1. The number of hydrogen-bond donors (Lipinski definition) is 0. The first-order valence-corrected chi connectivity index (χ1v) is 8.83. The van der Waals surface area contributed by atoms with E-state index in [1.54, 1.807) is 23.7 Å². The average molecular weight is 346 g/mol. The fraction of sp³-hybridized carbons (Fsp3) is 0.471. The van der Waals surface area contributed by atoms with Gasteiger partial charge in [0.05, 0.1) is 10.9 Å². The molecule has 0 atom stereocenters. The number of anilines is 1. The van der Waals surface area contributed by atoms with E-state index in [2.05, 4.69) is 15.1 Å². The van der Waals surface area contributed by atoms with Gasteiger partial charge in [-0.25, -0.2) is 4.40 Å². The smallest absolute Gasteiger partial charge is 0.262 e. The molecule has 0 unspecified atom stereocenters. The molecule has 0 radical (unpaired) electrons. The first-order chi connectivity index (χ1) is 11.7. The molecule has 4 rings (SSSR count). The Morgan fingerprint density at radius 3 is 2.50 bits per heavy atom. The van der Waals surface area contributed by atoms with E-state index >= 15 is 0 Å². The molecule has 1 fully saturated rings. The molecule has 6 nitrogen and oxygen atoms in total. The van der Waals surface area contributed by atoms with Gasteiger partial charge in [-0.3, -0.25) is 9.36 Å². The molecule has 1 aliphatic heterocycles. The van der Waals surface area contributed by atoms with Gasteiger partial charge in [0, 0.05) is 25.2 Å². The van der Waals surface area contributed by atoms with E-state index in [1.165, 1.54) is 19.3 Å². The van der Waals surface area contributed by atoms with Crippen LogP contribution in [0.2, 0.25) is 5.02 Å². The zero-order valence-corrected chi connectivity index (χ0v) is 14.5. The lowest BCUT2D eigenvalue weighted by molar-refractivity contribution is 0.550. The molecule has 3 aromatic rings. The molecule has 0 amide bonds. The van der Waals surface area contributed by atoms with E-state index in [9.17, 15) is 4.79 Å². The van der Waals surface area contributed by atoms with Crippen molar-refractivity contribution >= 4 is 34.2 Å². The van der Waals surface area contributed by atoms with Gasteiger partial charge in [0.15, 0.2) is 0 Å². The Labute approximate surface area is 144 Å². The van der Waals surface area contributed by atoms with Crippen molar-refractivity contribution in [2.75, 3.05) is 18.0 Å². The Hall–Kier alpha value is -2.08. The molecule has 24 heavy (non-hydrogen) atoms. The first kappa shape index (κ1) is 15.4. The summed E-state index contributed by atoms with van der Waals surface area (Å²) in [6.07, 6.45) is 6.13. The predicted molar refractivity (Wildman–Crippen MR) is 96.0 cm³/mol. The molecule has 0 aliphatic carbocycles. The Morgan fingerprint density at radius 2 is 1.75 bits per heavy atom. The largest absolute Gasteiger partial charge is 0.341 e. The van der Waals surface area contributed by atoms with Crippen LogP contribution in [-0.4, -0.2) is 32.3 Å². The normalized spacial score (nSPS) is 16.5. The highest BCUT2D eigenvalue weighted by Crippen LogP contribution is 2.23. The minimum Gasteiger partial charge on any atom is -0.341 e. The minimum atomic E-state index is -0.105. The van der Waals surface area contributed by atoms with E-state index < -0.39 is 0 Å². The Morgan fingerprint density at radius 1 is 1.04 bits per heavy atom. The monoisotopic (exact) mass is 345 g/mol. The fourth-order valence-electron chi connectivity index (χ4n) is 3.50. The molecule has 0 N–H and O–H groups in total. The minimum absolute atomic E-state index is 0.105. The fourth-order valence-corrected chi connectivity index (χ4v) is 3.67. The molecular formula is C17H20ClN5O. The van der Waals surface area contributed by atoms with E-state index in [-0.39, 0.29) is 5.56 Å². The van der Waals surface area contributed by atoms with Gasteiger partial charge in [0.25, 0.3) is 5.56 Å². The van der Waals surface area contributed by atoms with Crippen LogP contribution in [0.1, 0.15) is 32.1 Å². The van der Waals surface area contributed by atoms with Crippen molar-refractivity contribution in [2.45, 2.75) is 32.1 Å². The first-order valence-electron chi connectivity index (χ1n) is 8.45. The summed E-state index contributed by atoms with van der Waals surface area (Å²) in [5, 5.41) is 9.84. The van der Waals surface area contributed by atoms with Crippen LogP contribution in [0.25, 0.3) is 16.7 Å². The highest BCUT2D eigenvalue weighted by Gasteiger charge is 2.19. The van der Waals surface area contributed by atoms with Crippen molar-refractivity contribution in [3.05, 3.63) is 33.6 Å². The number of aromatic nitrogens is 4. The quantitative estimate of drug-likeness (QED) is 0.680. The zero-order valence-electron chi connectivity index (χ0n) is 13.7. The summed E-state index contributed by atoms with van der Waals surface area (Å²) in [6, 6.07) is 5.40. The highest BCUT2D eigenvalue weighted by molar-refractivity contribution is 6.31. The van der Waals surface area contributed by atoms with E-state index in [1.807, 2.05) is 10.5 Å². The lowest BCUT2D eigenvalue weighted by Crippen LogP contribution is -2.29. The summed E-state index contributed by atoms with van der Waals surface area (Å²) in [4.78, 5) is 14.9. The van der Waals surface area contributed by atoms with Crippen molar-refractivity contribution in [2.24, 2.45) is 7.05 Å². The van der Waals surface area contributed by atoms with Crippen LogP contribution < -0.4 is 10.5 Å². The van der Waals surface area contributed by atoms with E-state index in [0.29, 0.717) is 16.2 Å². The van der Waals surface area contributed by atoms with E-state index in [4.69, 9.17) is 11.6 Å². The van der Waals surface area contributed by atoms with Gasteiger partial charge < -0.3 is 4.90 Å². The van der Waals surface area contributed by atoms with Crippen molar-refractivity contribution in [1.29, 1.82) is 0 Å². The number of halogens is 1. The Balaban J connectivity index is 1.97. The van der Waals surface area contributed by atoms with Crippen LogP contribution in [0, 0.1) is 0 Å². The molecule has 0 spiro atoms. The Bertz CT molecular complexity index is 953. The third-order valence-electron chi connectivity index (χ3n) is 4.80. The second kappa shape index (κ2) is 6.09. The summed E-state index contributed by atoms with van der Waals surface area (Å²) in [6.45, 7) is 1.94. The number of hydrogen-bond acceptors (Lipinski definition) is 4. The molecule has 7 heteroatoms. The lowest BCUT2D eigenvalue weighted by atomic mass is 10.1. The molecule has 3 heterocycles. The molecule has 126 valence electrons. The molecule has 1 aromatic carbocycles. The molecule has 0 bridgehead atoms. The topological polar surface area (TPSA) is 55.4 Å². The maximum absolute atomic E-state index is 12.6. The van der Waals surface area contributed by atoms with Crippen LogP contribution in [0.3, 0.4) is 0 Å². The van der Waals surface area contributed by atoms with Crippen LogP contribution >= 0.6 is 11.6 Å². The lowest BCUT2D eigenvalue weighted by Gasteiger charge is -2.25. The highest BCUT2D eigenvalue weighted by atomic mass is 35.5. The van der Waals surface area contributed by atoms with Gasteiger partial charge in [0.2, 0.25) is 11.7 Å². The van der Waals surface area contributed by atoms with Gasteiger partial charge in [0.1, 0.15) is 0 Å². The van der Waals surface area contributed by atoms with Gasteiger partial charge in [-0.15, -0.1) is 10.2 Å². The standard InChI is InChI=1S/C17H20ClN5O/c1-21-15(24)13-11-12(18)7-8-14(13)23-16(21)19-20-17(23)22-9-5-3-2-4-6-10-22/h7-8,11H,2-6,9-10H2,1H3. The van der Waals surface area contributed by atoms with E-state index in [0.717, 1.165) is 37.4 Å². The van der Waals surface area contributed by atoms with Crippen molar-refractivity contribution in [3.63, 3.8) is 0 Å². The van der Waals surface area contributed by atoms with Crippen molar-refractivity contribution in [3.8, 4) is 0 Å². The SMILES string of the molecule is Cn1c(=O)c2cc(Cl)ccc2n2c(N3CCCCCCC3)nnc12. The summed E-state index contributed by atoms with van der Waals surface area (Å²) < 4.78 is 3.52. The van der Waals surface area contributed by atoms with Crippen LogP contribution in [0.4, 0.5) is 5.95 Å². The summed E-state index contributed by atoms with van der Waals surface area (Å²) in [5.41, 5.74) is 0.700. The second-order valence-corrected chi connectivity index (χ2v) is 6.85. The third kappa shape index (κ3) is 2.45. The third-order valence-corrected chi connectivity index (χ3v) is 5.04. The summed E-state index contributed by atoms with van der Waals surface area (Å²) in [5.74, 6) is 1.38. The predicted octanol–water partition coefficient (Wildman–Crippen LogP) is 3.01. The van der Waals surface area contributed by atoms with Crippen molar-refractivity contribution < 1.29 is 0 Å². The van der Waals surface area contributed by atoms with Gasteiger partial charge in [-0.1, -0.05) is 30.9 Å². The number of nitrogens with zero attached hydrogens (tertiary/aromatic N) is 5. The van der Waals surface area contributed by atoms with Gasteiger partial charge in [-0.05, 0) is 31.0 Å². The van der Waals surface area contributed by atoms with Crippen molar-refractivity contribution in [1.82, 2.24) is 19.2 Å².